The van der Waals surface area contributed by atoms with E-state index in [2.05, 4.69) is 10.3 Å². The maximum atomic E-state index is 12.7. The Hall–Kier alpha value is -3.18. The number of thiophene rings is 1. The molecular weight excluding hydrogens is 368 g/mol. The lowest BCUT2D eigenvalue weighted by molar-refractivity contribution is -0.121. The number of amides is 1. The van der Waals surface area contributed by atoms with Crippen molar-refractivity contribution in [3.05, 3.63) is 94.3 Å². The average Bonchev–Trinajstić information content (AvgIpc) is 3.27. The number of phenols is 1. The number of hydrogen-bond donors (Lipinski definition) is 2. The van der Waals surface area contributed by atoms with E-state index in [4.69, 9.17) is 0 Å². The predicted molar refractivity (Wildman–Crippen MR) is 112 cm³/mol. The Kier molecular flexibility index (Phi) is 5.35. The van der Waals surface area contributed by atoms with Gasteiger partial charge in [-0.1, -0.05) is 54.6 Å². The number of pyridine rings is 1. The highest BCUT2D eigenvalue weighted by Crippen LogP contribution is 2.35. The van der Waals surface area contributed by atoms with Crippen molar-refractivity contribution in [3.63, 3.8) is 0 Å². The van der Waals surface area contributed by atoms with Gasteiger partial charge in [-0.15, -0.1) is 11.3 Å². The molecule has 2 aromatic carbocycles. The van der Waals surface area contributed by atoms with E-state index in [0.717, 1.165) is 15.8 Å². The lowest BCUT2D eigenvalue weighted by Gasteiger charge is -2.20. The summed E-state index contributed by atoms with van der Waals surface area (Å²) in [5, 5.41) is 16.8. The van der Waals surface area contributed by atoms with Crippen LogP contribution in [0.3, 0.4) is 0 Å². The Labute approximate surface area is 167 Å². The fourth-order valence-electron chi connectivity index (χ4n) is 3.27. The molecule has 0 aliphatic carbocycles. The highest BCUT2D eigenvalue weighted by molar-refractivity contribution is 7.10. The Morgan fingerprint density at radius 1 is 1.04 bits per heavy atom. The van der Waals surface area contributed by atoms with E-state index in [1.54, 1.807) is 17.5 Å². The normalized spacial score (nSPS) is 12.0. The summed E-state index contributed by atoms with van der Waals surface area (Å²) in [7, 11) is 0. The van der Waals surface area contributed by atoms with Crippen LogP contribution in [0.4, 0.5) is 0 Å². The van der Waals surface area contributed by atoms with Crippen molar-refractivity contribution < 1.29 is 9.90 Å². The van der Waals surface area contributed by atoms with Crippen LogP contribution in [0.1, 0.15) is 28.5 Å². The van der Waals surface area contributed by atoms with Gasteiger partial charge in [-0.25, -0.2) is 0 Å². The van der Waals surface area contributed by atoms with Gasteiger partial charge in [-0.3, -0.25) is 9.78 Å². The van der Waals surface area contributed by atoms with Crippen molar-refractivity contribution in [2.24, 2.45) is 0 Å². The van der Waals surface area contributed by atoms with Crippen molar-refractivity contribution in [1.29, 1.82) is 0 Å². The molecule has 0 spiro atoms. The minimum atomic E-state index is -0.408. The summed E-state index contributed by atoms with van der Waals surface area (Å²) >= 11 is 1.55. The average molecular weight is 388 g/mol. The fraction of sp³-hybridized carbons (Fsp3) is 0.130. The number of nitrogens with zero attached hydrogens (tertiary/aromatic N) is 1. The predicted octanol–water partition coefficient (Wildman–Crippen LogP) is 4.84. The molecule has 0 saturated carbocycles. The number of nitrogens with one attached hydrogen (secondary N) is 1. The zero-order valence-electron chi connectivity index (χ0n) is 15.2. The third kappa shape index (κ3) is 3.89. The molecule has 28 heavy (non-hydrogen) atoms. The lowest BCUT2D eigenvalue weighted by Crippen LogP contribution is -2.29. The Morgan fingerprint density at radius 2 is 1.89 bits per heavy atom. The molecule has 0 saturated heterocycles. The Balaban J connectivity index is 1.60. The van der Waals surface area contributed by atoms with Crippen molar-refractivity contribution in [2.75, 3.05) is 0 Å². The van der Waals surface area contributed by atoms with E-state index in [1.165, 1.54) is 0 Å². The molecule has 0 radical (unpaired) electrons. The summed E-state index contributed by atoms with van der Waals surface area (Å²) in [6.07, 6.45) is 2.72. The van der Waals surface area contributed by atoms with Gasteiger partial charge in [0.2, 0.25) is 5.91 Å². The summed E-state index contributed by atoms with van der Waals surface area (Å²) in [4.78, 5) is 17.9. The van der Waals surface area contributed by atoms with Gasteiger partial charge in [-0.2, -0.15) is 0 Å². The first-order chi connectivity index (χ1) is 13.7. The number of hydrogen-bond acceptors (Lipinski definition) is 4. The number of phenolic OH excluding ortho intramolecular Hbond substituents is 1. The van der Waals surface area contributed by atoms with E-state index < -0.39 is 6.04 Å². The van der Waals surface area contributed by atoms with Gasteiger partial charge in [0.05, 0.1) is 6.04 Å². The van der Waals surface area contributed by atoms with Crippen molar-refractivity contribution in [3.8, 4) is 5.75 Å². The smallest absolute Gasteiger partial charge is 0.221 e. The molecule has 0 aliphatic rings. The Bertz CT molecular complexity index is 1080. The SMILES string of the molecule is O=C(CCc1ccccc1)N[C@@H](c1cccs1)c1ccc2cccnc2c1O. The minimum Gasteiger partial charge on any atom is -0.505 e. The van der Waals surface area contributed by atoms with Crippen molar-refractivity contribution >= 4 is 28.1 Å². The number of carbonyl (C=O) groups excluding carboxylic acids is 1. The van der Waals surface area contributed by atoms with Gasteiger partial charge in [0.15, 0.2) is 0 Å². The van der Waals surface area contributed by atoms with Gasteiger partial charge in [0.25, 0.3) is 0 Å². The minimum absolute atomic E-state index is 0.0530. The molecule has 4 nitrogen and oxygen atoms in total. The van der Waals surface area contributed by atoms with Gasteiger partial charge >= 0.3 is 0 Å². The first-order valence-corrected chi connectivity index (χ1v) is 10.0. The van der Waals surface area contributed by atoms with Gasteiger partial charge < -0.3 is 10.4 Å². The quantitative estimate of drug-likeness (QED) is 0.497. The van der Waals surface area contributed by atoms with Crippen LogP contribution in [0.25, 0.3) is 10.9 Å². The molecule has 4 rings (SSSR count). The summed E-state index contributed by atoms with van der Waals surface area (Å²) < 4.78 is 0. The number of carbonyl (C=O) groups is 1. The van der Waals surface area contributed by atoms with Gasteiger partial charge in [0.1, 0.15) is 11.3 Å². The number of benzene rings is 2. The van der Waals surface area contributed by atoms with Crippen LogP contribution in [0.2, 0.25) is 0 Å². The van der Waals surface area contributed by atoms with E-state index >= 15 is 0 Å². The molecule has 2 N–H and O–H groups in total. The maximum absolute atomic E-state index is 12.7. The summed E-state index contributed by atoms with van der Waals surface area (Å²) in [5.41, 5.74) is 2.32. The number of fused-ring (bicyclic) bond motifs is 1. The van der Waals surface area contributed by atoms with Crippen LogP contribution >= 0.6 is 11.3 Å². The molecule has 2 heterocycles. The fourth-order valence-corrected chi connectivity index (χ4v) is 4.06. The zero-order valence-corrected chi connectivity index (χ0v) is 16.0. The van der Waals surface area contributed by atoms with Gasteiger partial charge in [0, 0.05) is 28.4 Å². The number of aromatic hydroxyl groups is 1. The lowest BCUT2D eigenvalue weighted by atomic mass is 10.0. The second-order valence-electron chi connectivity index (χ2n) is 6.58. The second kappa shape index (κ2) is 8.23. The van der Waals surface area contributed by atoms with Crippen LogP contribution in [0.5, 0.6) is 5.75 Å². The Morgan fingerprint density at radius 3 is 2.68 bits per heavy atom. The molecule has 0 unspecified atom stereocenters. The molecule has 0 fully saturated rings. The van der Waals surface area contributed by atoms with E-state index in [0.29, 0.717) is 23.9 Å². The van der Waals surface area contributed by atoms with Crippen LogP contribution in [0.15, 0.2) is 78.3 Å². The van der Waals surface area contributed by atoms with E-state index in [1.807, 2.05) is 72.1 Å². The summed E-state index contributed by atoms with van der Waals surface area (Å²) in [6, 6.07) is 21.0. The molecular formula is C23H20N2O2S. The molecule has 5 heteroatoms. The van der Waals surface area contributed by atoms with Crippen LogP contribution in [-0.4, -0.2) is 16.0 Å². The molecule has 0 aliphatic heterocycles. The standard InChI is InChI=1S/C23H20N2O2S/c26-20(13-10-16-6-2-1-3-7-16)25-22(19-9-5-15-28-19)18-12-11-17-8-4-14-24-21(17)23(18)27/h1-9,11-12,14-15,22,27H,10,13H2,(H,25,26)/t22-/m1/s1. The van der Waals surface area contributed by atoms with Crippen LogP contribution in [0, 0.1) is 0 Å². The zero-order chi connectivity index (χ0) is 19.3. The third-order valence-corrected chi connectivity index (χ3v) is 5.64. The molecule has 0 bridgehead atoms. The summed E-state index contributed by atoms with van der Waals surface area (Å²) in [6.45, 7) is 0. The number of aromatic nitrogens is 1. The summed E-state index contributed by atoms with van der Waals surface area (Å²) in [5.74, 6) is 0.0580. The molecule has 1 amide bonds. The largest absolute Gasteiger partial charge is 0.505 e. The van der Waals surface area contributed by atoms with Crippen molar-refractivity contribution in [1.82, 2.24) is 10.3 Å². The number of aryl methyl sites for hydroxylation is 1. The third-order valence-electron chi connectivity index (χ3n) is 4.71. The second-order valence-corrected chi connectivity index (χ2v) is 7.56. The monoisotopic (exact) mass is 388 g/mol. The van der Waals surface area contributed by atoms with Crippen LogP contribution < -0.4 is 5.32 Å². The highest BCUT2D eigenvalue weighted by atomic mass is 32.1. The van der Waals surface area contributed by atoms with Gasteiger partial charge in [-0.05, 0) is 29.5 Å². The highest BCUT2D eigenvalue weighted by Gasteiger charge is 2.22. The topological polar surface area (TPSA) is 62.2 Å². The van der Waals surface area contributed by atoms with E-state index in [-0.39, 0.29) is 11.7 Å². The first kappa shape index (κ1) is 18.2. The van der Waals surface area contributed by atoms with Crippen LogP contribution in [-0.2, 0) is 11.2 Å². The number of rotatable bonds is 6. The molecule has 2 aromatic heterocycles. The van der Waals surface area contributed by atoms with E-state index in [9.17, 15) is 9.90 Å². The molecule has 140 valence electrons. The molecule has 1 atom stereocenters. The maximum Gasteiger partial charge on any atom is 0.221 e. The first-order valence-electron chi connectivity index (χ1n) is 9.15. The molecule has 4 aromatic rings. The van der Waals surface area contributed by atoms with Crippen molar-refractivity contribution in [2.45, 2.75) is 18.9 Å².